The zero-order chi connectivity index (χ0) is 14.0. The van der Waals surface area contributed by atoms with E-state index >= 15 is 0 Å². The van der Waals surface area contributed by atoms with Crippen molar-refractivity contribution in [2.24, 2.45) is 11.7 Å². The van der Waals surface area contributed by atoms with Crippen molar-refractivity contribution in [1.29, 1.82) is 0 Å². The number of hydrogen-bond acceptors (Lipinski definition) is 4. The van der Waals surface area contributed by atoms with Gasteiger partial charge in [-0.3, -0.25) is 0 Å². The summed E-state index contributed by atoms with van der Waals surface area (Å²) in [7, 11) is 2.05. The van der Waals surface area contributed by atoms with Crippen LogP contribution in [0.2, 0.25) is 0 Å². The third kappa shape index (κ3) is 3.03. The average molecular weight is 278 g/mol. The molecule has 5 heteroatoms. The minimum Gasteiger partial charge on any atom is -0.389 e. The van der Waals surface area contributed by atoms with Gasteiger partial charge in [0.2, 0.25) is 0 Å². The van der Waals surface area contributed by atoms with Gasteiger partial charge >= 0.3 is 0 Å². The van der Waals surface area contributed by atoms with E-state index in [1.807, 2.05) is 13.8 Å². The Labute approximate surface area is 120 Å². The molecule has 1 aliphatic carbocycles. The second kappa shape index (κ2) is 5.82. The van der Waals surface area contributed by atoms with Crippen LogP contribution in [0.5, 0.6) is 0 Å². The van der Waals surface area contributed by atoms with Crippen LogP contribution in [0.3, 0.4) is 0 Å². The monoisotopic (exact) mass is 278 g/mol. The Morgan fingerprint density at radius 2 is 1.95 bits per heavy atom. The molecule has 0 bridgehead atoms. The van der Waals surface area contributed by atoms with Gasteiger partial charge in [-0.1, -0.05) is 25.1 Å². The molecule has 19 heavy (non-hydrogen) atoms. The van der Waals surface area contributed by atoms with E-state index in [2.05, 4.69) is 22.1 Å². The van der Waals surface area contributed by atoms with Gasteiger partial charge in [0, 0.05) is 13.6 Å². The number of nitrogens with zero attached hydrogens (tertiary/aromatic N) is 3. The van der Waals surface area contributed by atoms with Gasteiger partial charge in [-0.15, -0.1) is 5.10 Å². The third-order valence-corrected chi connectivity index (χ3v) is 4.25. The first-order valence-corrected chi connectivity index (χ1v) is 7.26. The standard InChI is InChI=1S/C14H22N4S/c1-9-10(2)16-17-14(12(9)13(15)19)18(3)8-11-6-4-5-7-11/h11H,4-8H2,1-3H3,(H2,15,19). The summed E-state index contributed by atoms with van der Waals surface area (Å²) in [6.07, 6.45) is 5.31. The number of hydrogen-bond donors (Lipinski definition) is 1. The lowest BCUT2D eigenvalue weighted by atomic mass is 10.1. The molecule has 0 saturated heterocycles. The van der Waals surface area contributed by atoms with Gasteiger partial charge < -0.3 is 10.6 Å². The first-order valence-electron chi connectivity index (χ1n) is 6.85. The molecule has 2 N–H and O–H groups in total. The van der Waals surface area contributed by atoms with Crippen LogP contribution in [0, 0.1) is 19.8 Å². The van der Waals surface area contributed by atoms with Crippen LogP contribution in [0.1, 0.15) is 42.5 Å². The molecule has 4 nitrogen and oxygen atoms in total. The molecule has 1 fully saturated rings. The van der Waals surface area contributed by atoms with E-state index in [1.165, 1.54) is 25.7 Å². The van der Waals surface area contributed by atoms with Gasteiger partial charge in [-0.05, 0) is 38.2 Å². The molecule has 0 atom stereocenters. The predicted molar refractivity (Wildman–Crippen MR) is 82.6 cm³/mol. The van der Waals surface area contributed by atoms with Crippen LogP contribution in [0.15, 0.2) is 0 Å². The maximum atomic E-state index is 5.87. The highest BCUT2D eigenvalue weighted by molar-refractivity contribution is 7.80. The van der Waals surface area contributed by atoms with E-state index < -0.39 is 0 Å². The summed E-state index contributed by atoms with van der Waals surface area (Å²) in [6, 6.07) is 0. The number of aromatic nitrogens is 2. The zero-order valence-corrected chi connectivity index (χ0v) is 12.8. The molecule has 1 aromatic rings. The Kier molecular flexibility index (Phi) is 4.34. The summed E-state index contributed by atoms with van der Waals surface area (Å²) in [4.78, 5) is 2.56. The third-order valence-electron chi connectivity index (χ3n) is 4.05. The summed E-state index contributed by atoms with van der Waals surface area (Å²) >= 11 is 5.18. The number of anilines is 1. The second-order valence-corrected chi connectivity index (χ2v) is 5.94. The van der Waals surface area contributed by atoms with E-state index in [4.69, 9.17) is 18.0 Å². The van der Waals surface area contributed by atoms with E-state index in [-0.39, 0.29) is 0 Å². The van der Waals surface area contributed by atoms with Crippen molar-refractivity contribution in [1.82, 2.24) is 10.2 Å². The molecular weight excluding hydrogens is 256 g/mol. The van der Waals surface area contributed by atoms with E-state index in [0.29, 0.717) is 4.99 Å². The molecular formula is C14H22N4S. The van der Waals surface area contributed by atoms with Crippen LogP contribution in [-0.4, -0.2) is 28.8 Å². The topological polar surface area (TPSA) is 55.0 Å². The van der Waals surface area contributed by atoms with Crippen molar-refractivity contribution in [3.63, 3.8) is 0 Å². The van der Waals surface area contributed by atoms with Crippen molar-refractivity contribution in [2.75, 3.05) is 18.5 Å². The summed E-state index contributed by atoms with van der Waals surface area (Å²) in [6.45, 7) is 4.95. The fraction of sp³-hybridized carbons (Fsp3) is 0.643. The maximum Gasteiger partial charge on any atom is 0.161 e. The predicted octanol–water partition coefficient (Wildman–Crippen LogP) is 2.35. The molecule has 104 valence electrons. The molecule has 0 spiro atoms. The molecule has 1 aromatic heterocycles. The van der Waals surface area contributed by atoms with Crippen molar-refractivity contribution in [3.8, 4) is 0 Å². The van der Waals surface area contributed by atoms with Crippen LogP contribution in [-0.2, 0) is 0 Å². The number of aryl methyl sites for hydroxylation is 1. The van der Waals surface area contributed by atoms with Gasteiger partial charge in [0.05, 0.1) is 11.3 Å². The minimum absolute atomic E-state index is 0.406. The Morgan fingerprint density at radius 3 is 2.53 bits per heavy atom. The van der Waals surface area contributed by atoms with Gasteiger partial charge in [-0.25, -0.2) is 0 Å². The van der Waals surface area contributed by atoms with E-state index in [1.54, 1.807) is 0 Å². The van der Waals surface area contributed by atoms with Crippen molar-refractivity contribution < 1.29 is 0 Å². The lowest BCUT2D eigenvalue weighted by Crippen LogP contribution is -2.29. The number of rotatable bonds is 4. The van der Waals surface area contributed by atoms with Crippen LogP contribution >= 0.6 is 12.2 Å². The second-order valence-electron chi connectivity index (χ2n) is 5.50. The summed E-state index contributed by atoms with van der Waals surface area (Å²) < 4.78 is 0. The lowest BCUT2D eigenvalue weighted by molar-refractivity contribution is 0.543. The van der Waals surface area contributed by atoms with Crippen molar-refractivity contribution in [3.05, 3.63) is 16.8 Å². The van der Waals surface area contributed by atoms with Crippen molar-refractivity contribution in [2.45, 2.75) is 39.5 Å². The first-order chi connectivity index (χ1) is 9.00. The van der Waals surface area contributed by atoms with Gasteiger partial charge in [0.1, 0.15) is 4.99 Å². The fourth-order valence-corrected chi connectivity index (χ4v) is 3.07. The van der Waals surface area contributed by atoms with E-state index in [0.717, 1.165) is 35.1 Å². The number of nitrogens with two attached hydrogens (primary N) is 1. The quantitative estimate of drug-likeness (QED) is 0.857. The minimum atomic E-state index is 0.406. The highest BCUT2D eigenvalue weighted by atomic mass is 32.1. The molecule has 1 aliphatic rings. The van der Waals surface area contributed by atoms with Crippen LogP contribution < -0.4 is 10.6 Å². The fourth-order valence-electron chi connectivity index (χ4n) is 2.82. The lowest BCUT2D eigenvalue weighted by Gasteiger charge is -2.24. The number of thiocarbonyl (C=S) groups is 1. The Balaban J connectivity index is 2.27. The van der Waals surface area contributed by atoms with E-state index in [9.17, 15) is 0 Å². The largest absolute Gasteiger partial charge is 0.389 e. The molecule has 0 amide bonds. The molecule has 1 heterocycles. The SMILES string of the molecule is Cc1nnc(N(C)CC2CCCC2)c(C(N)=S)c1C. The van der Waals surface area contributed by atoms with Gasteiger partial charge in [-0.2, -0.15) is 5.10 Å². The van der Waals surface area contributed by atoms with Crippen LogP contribution in [0.4, 0.5) is 5.82 Å². The Hall–Kier alpha value is -1.23. The average Bonchev–Trinajstić information content (AvgIpc) is 2.84. The smallest absolute Gasteiger partial charge is 0.161 e. The molecule has 2 rings (SSSR count). The zero-order valence-electron chi connectivity index (χ0n) is 11.9. The molecule has 1 saturated carbocycles. The normalized spacial score (nSPS) is 15.7. The van der Waals surface area contributed by atoms with Gasteiger partial charge in [0.15, 0.2) is 5.82 Å². The van der Waals surface area contributed by atoms with Crippen LogP contribution in [0.25, 0.3) is 0 Å². The summed E-state index contributed by atoms with van der Waals surface area (Å²) in [5.74, 6) is 1.58. The van der Waals surface area contributed by atoms with Crippen molar-refractivity contribution >= 4 is 23.0 Å². The molecule has 0 aliphatic heterocycles. The highest BCUT2D eigenvalue weighted by Gasteiger charge is 2.21. The first kappa shape index (κ1) is 14.2. The maximum absolute atomic E-state index is 5.87. The Bertz CT molecular complexity index is 481. The summed E-state index contributed by atoms with van der Waals surface area (Å²) in [5.41, 5.74) is 8.67. The molecule has 0 radical (unpaired) electrons. The molecule has 0 unspecified atom stereocenters. The highest BCUT2D eigenvalue weighted by Crippen LogP contribution is 2.28. The summed E-state index contributed by atoms with van der Waals surface area (Å²) in [5, 5.41) is 8.52. The van der Waals surface area contributed by atoms with Gasteiger partial charge in [0.25, 0.3) is 0 Å². The molecule has 0 aromatic carbocycles. The Morgan fingerprint density at radius 1 is 1.32 bits per heavy atom.